The van der Waals surface area contributed by atoms with E-state index in [9.17, 15) is 8.78 Å². The van der Waals surface area contributed by atoms with E-state index in [0.717, 1.165) is 18.5 Å². The van der Waals surface area contributed by atoms with Crippen molar-refractivity contribution in [2.75, 3.05) is 6.54 Å². The Balaban J connectivity index is 2.31. The van der Waals surface area contributed by atoms with Gasteiger partial charge in [-0.15, -0.1) is 0 Å². The van der Waals surface area contributed by atoms with Gasteiger partial charge in [0.2, 0.25) is 0 Å². The molecule has 0 spiro atoms. The molecule has 0 saturated carbocycles. The molecule has 0 saturated heterocycles. The van der Waals surface area contributed by atoms with Crippen molar-refractivity contribution >= 4 is 0 Å². The van der Waals surface area contributed by atoms with Crippen LogP contribution in [0.5, 0.6) is 0 Å². The van der Waals surface area contributed by atoms with Crippen molar-refractivity contribution in [1.82, 2.24) is 5.32 Å². The molecule has 1 unspecified atom stereocenters. The number of rotatable bonds is 5. The number of benzene rings is 2. The summed E-state index contributed by atoms with van der Waals surface area (Å²) in [5, 5.41) is 3.37. The highest BCUT2D eigenvalue weighted by Gasteiger charge is 2.10. The minimum atomic E-state index is -0.316. The smallest absolute Gasteiger partial charge is 0.131 e. The lowest BCUT2D eigenvalue weighted by atomic mass is 9.99. The van der Waals surface area contributed by atoms with Crippen LogP contribution in [0.1, 0.15) is 31.9 Å². The molecule has 1 N–H and O–H groups in total. The Hall–Kier alpha value is -1.74. The summed E-state index contributed by atoms with van der Waals surface area (Å²) in [6.07, 6.45) is 1.05. The summed E-state index contributed by atoms with van der Waals surface area (Å²) in [5.74, 6) is -0.605. The molecule has 0 bridgehead atoms. The fraction of sp³-hybridized carbons (Fsp3) is 0.294. The summed E-state index contributed by atoms with van der Waals surface area (Å²) >= 11 is 0. The van der Waals surface area contributed by atoms with E-state index in [0.29, 0.717) is 11.1 Å². The van der Waals surface area contributed by atoms with Crippen molar-refractivity contribution in [3.05, 3.63) is 59.7 Å². The monoisotopic (exact) mass is 275 g/mol. The molecule has 0 amide bonds. The molecule has 106 valence electrons. The highest BCUT2D eigenvalue weighted by Crippen LogP contribution is 2.26. The third kappa shape index (κ3) is 3.42. The second-order valence-electron chi connectivity index (χ2n) is 4.92. The molecule has 3 heteroatoms. The van der Waals surface area contributed by atoms with Gasteiger partial charge in [0.1, 0.15) is 11.6 Å². The summed E-state index contributed by atoms with van der Waals surface area (Å²) in [4.78, 5) is 0. The second kappa shape index (κ2) is 6.62. The van der Waals surface area contributed by atoms with Crippen molar-refractivity contribution < 1.29 is 8.78 Å². The van der Waals surface area contributed by atoms with Crippen molar-refractivity contribution in [2.24, 2.45) is 0 Å². The van der Waals surface area contributed by atoms with Gasteiger partial charge >= 0.3 is 0 Å². The summed E-state index contributed by atoms with van der Waals surface area (Å²) in [5.41, 5.74) is 2.22. The first-order valence-electron chi connectivity index (χ1n) is 6.90. The molecule has 1 atom stereocenters. The predicted molar refractivity (Wildman–Crippen MR) is 78.5 cm³/mol. The van der Waals surface area contributed by atoms with E-state index in [-0.39, 0.29) is 17.7 Å². The second-order valence-corrected chi connectivity index (χ2v) is 4.92. The van der Waals surface area contributed by atoms with Gasteiger partial charge < -0.3 is 5.32 Å². The quantitative estimate of drug-likeness (QED) is 0.834. The summed E-state index contributed by atoms with van der Waals surface area (Å²) in [7, 11) is 0. The number of hydrogen-bond donors (Lipinski definition) is 1. The van der Waals surface area contributed by atoms with Crippen molar-refractivity contribution in [1.29, 1.82) is 0 Å². The van der Waals surface area contributed by atoms with Gasteiger partial charge in [-0.3, -0.25) is 0 Å². The molecule has 0 heterocycles. The van der Waals surface area contributed by atoms with Crippen LogP contribution in [0.25, 0.3) is 11.1 Å². The summed E-state index contributed by atoms with van der Waals surface area (Å²) < 4.78 is 26.9. The van der Waals surface area contributed by atoms with Crippen molar-refractivity contribution in [3.63, 3.8) is 0 Å². The Morgan fingerprint density at radius 3 is 2.40 bits per heavy atom. The summed E-state index contributed by atoms with van der Waals surface area (Å²) in [6, 6.07) is 11.1. The fourth-order valence-electron chi connectivity index (χ4n) is 2.14. The highest BCUT2D eigenvalue weighted by molar-refractivity contribution is 5.65. The normalized spacial score (nSPS) is 12.4. The van der Waals surface area contributed by atoms with Gasteiger partial charge in [0.15, 0.2) is 0 Å². The SMILES string of the molecule is CCCNC(C)c1ccc(F)c(-c2ccc(F)cc2)c1. The maximum Gasteiger partial charge on any atom is 0.131 e. The van der Waals surface area contributed by atoms with Gasteiger partial charge in [-0.25, -0.2) is 8.78 Å². The standard InChI is InChI=1S/C17H19F2N/c1-3-10-20-12(2)14-6-9-17(19)16(11-14)13-4-7-15(18)8-5-13/h4-9,11-12,20H,3,10H2,1-2H3. The average molecular weight is 275 g/mol. The Morgan fingerprint density at radius 1 is 1.05 bits per heavy atom. The van der Waals surface area contributed by atoms with E-state index < -0.39 is 0 Å². The molecule has 0 aliphatic rings. The minimum Gasteiger partial charge on any atom is -0.310 e. The first-order chi connectivity index (χ1) is 9.61. The van der Waals surface area contributed by atoms with Crippen LogP contribution in [0.15, 0.2) is 42.5 Å². The van der Waals surface area contributed by atoms with Gasteiger partial charge in [0.25, 0.3) is 0 Å². The van der Waals surface area contributed by atoms with E-state index in [2.05, 4.69) is 19.2 Å². The fourth-order valence-corrected chi connectivity index (χ4v) is 2.14. The Bertz CT molecular complexity index is 564. The zero-order chi connectivity index (χ0) is 14.5. The molecule has 2 rings (SSSR count). The molecule has 0 aliphatic heterocycles. The van der Waals surface area contributed by atoms with Crippen LogP contribution >= 0.6 is 0 Å². The van der Waals surface area contributed by atoms with Crippen LogP contribution in [0.3, 0.4) is 0 Å². The molecule has 0 fully saturated rings. The third-order valence-electron chi connectivity index (χ3n) is 3.35. The lowest BCUT2D eigenvalue weighted by Crippen LogP contribution is -2.19. The van der Waals surface area contributed by atoms with E-state index in [1.54, 1.807) is 18.2 Å². The molecular weight excluding hydrogens is 256 g/mol. The maximum atomic E-state index is 14.0. The maximum absolute atomic E-state index is 14.0. The predicted octanol–water partition coefficient (Wildman–Crippen LogP) is 4.69. The van der Waals surface area contributed by atoms with Gasteiger partial charge in [0, 0.05) is 11.6 Å². The van der Waals surface area contributed by atoms with Crippen LogP contribution in [-0.4, -0.2) is 6.54 Å². The number of hydrogen-bond acceptors (Lipinski definition) is 1. The molecule has 2 aromatic carbocycles. The zero-order valence-corrected chi connectivity index (χ0v) is 11.8. The first-order valence-corrected chi connectivity index (χ1v) is 6.90. The lowest BCUT2D eigenvalue weighted by molar-refractivity contribution is 0.568. The largest absolute Gasteiger partial charge is 0.310 e. The zero-order valence-electron chi connectivity index (χ0n) is 11.8. The van der Waals surface area contributed by atoms with Crippen LogP contribution in [-0.2, 0) is 0 Å². The van der Waals surface area contributed by atoms with Crippen molar-refractivity contribution in [3.8, 4) is 11.1 Å². The first kappa shape index (κ1) is 14.7. The Labute approximate surface area is 118 Å². The minimum absolute atomic E-state index is 0.162. The van der Waals surface area contributed by atoms with Gasteiger partial charge in [-0.05, 0) is 55.3 Å². The molecule has 0 radical (unpaired) electrons. The van der Waals surface area contributed by atoms with Gasteiger partial charge in [-0.1, -0.05) is 25.1 Å². The molecule has 0 aromatic heterocycles. The molecule has 20 heavy (non-hydrogen) atoms. The molecule has 2 aromatic rings. The van der Waals surface area contributed by atoms with Gasteiger partial charge in [0.05, 0.1) is 0 Å². The van der Waals surface area contributed by atoms with Crippen molar-refractivity contribution in [2.45, 2.75) is 26.3 Å². The van der Waals surface area contributed by atoms with Crippen LogP contribution in [0, 0.1) is 11.6 Å². The summed E-state index contributed by atoms with van der Waals surface area (Å²) in [6.45, 7) is 5.08. The number of nitrogens with one attached hydrogen (secondary N) is 1. The van der Waals surface area contributed by atoms with Gasteiger partial charge in [-0.2, -0.15) is 0 Å². The lowest BCUT2D eigenvalue weighted by Gasteiger charge is -2.15. The van der Waals surface area contributed by atoms with E-state index in [4.69, 9.17) is 0 Å². The van der Waals surface area contributed by atoms with E-state index in [1.165, 1.54) is 18.2 Å². The Kier molecular flexibility index (Phi) is 4.85. The van der Waals surface area contributed by atoms with Crippen LogP contribution in [0.2, 0.25) is 0 Å². The van der Waals surface area contributed by atoms with Crippen LogP contribution < -0.4 is 5.32 Å². The van der Waals surface area contributed by atoms with Crippen LogP contribution in [0.4, 0.5) is 8.78 Å². The van der Waals surface area contributed by atoms with E-state index in [1.807, 2.05) is 6.07 Å². The average Bonchev–Trinajstić information content (AvgIpc) is 2.46. The number of halogens is 2. The molecule has 1 nitrogen and oxygen atoms in total. The topological polar surface area (TPSA) is 12.0 Å². The third-order valence-corrected chi connectivity index (χ3v) is 3.35. The molecular formula is C17H19F2N. The van der Waals surface area contributed by atoms with E-state index >= 15 is 0 Å². The Morgan fingerprint density at radius 2 is 1.75 bits per heavy atom. The highest BCUT2D eigenvalue weighted by atomic mass is 19.1. The molecule has 0 aliphatic carbocycles.